The van der Waals surface area contributed by atoms with Crippen LogP contribution in [-0.2, 0) is 7.05 Å². The molecule has 0 aliphatic rings. The van der Waals surface area contributed by atoms with E-state index >= 15 is 0 Å². The SMILES string of the molecule is C[n+]1cccc2c([N+](=O)[O-])ccc(F)c21. The van der Waals surface area contributed by atoms with Crippen molar-refractivity contribution in [3.05, 3.63) is 46.4 Å². The van der Waals surface area contributed by atoms with Gasteiger partial charge in [0, 0.05) is 12.1 Å². The number of hydrogen-bond donors (Lipinski definition) is 0. The van der Waals surface area contributed by atoms with Crippen LogP contribution in [0.3, 0.4) is 0 Å². The maximum atomic E-state index is 13.4. The van der Waals surface area contributed by atoms with E-state index in [1.807, 2.05) is 0 Å². The van der Waals surface area contributed by atoms with E-state index < -0.39 is 10.7 Å². The zero-order chi connectivity index (χ0) is 11.0. The smallest absolute Gasteiger partial charge is 0.258 e. The van der Waals surface area contributed by atoms with E-state index in [1.165, 1.54) is 16.7 Å². The molecule has 1 aromatic carbocycles. The summed E-state index contributed by atoms with van der Waals surface area (Å²) < 4.78 is 15.0. The number of hydrogen-bond acceptors (Lipinski definition) is 2. The van der Waals surface area contributed by atoms with Gasteiger partial charge in [-0.1, -0.05) is 0 Å². The molecule has 2 aromatic rings. The first-order valence-corrected chi connectivity index (χ1v) is 4.32. The average molecular weight is 207 g/mol. The predicted molar refractivity (Wildman–Crippen MR) is 51.7 cm³/mol. The van der Waals surface area contributed by atoms with Gasteiger partial charge in [0.1, 0.15) is 12.4 Å². The van der Waals surface area contributed by atoms with Gasteiger partial charge >= 0.3 is 0 Å². The fraction of sp³-hybridized carbons (Fsp3) is 0.100. The molecule has 0 spiro atoms. The highest BCUT2D eigenvalue weighted by atomic mass is 19.1. The molecule has 76 valence electrons. The van der Waals surface area contributed by atoms with Gasteiger partial charge in [0.25, 0.3) is 11.2 Å². The Balaban J connectivity index is 2.95. The Bertz CT molecular complexity index is 546. The van der Waals surface area contributed by atoms with E-state index in [4.69, 9.17) is 0 Å². The lowest BCUT2D eigenvalue weighted by Gasteiger charge is -1.98. The topological polar surface area (TPSA) is 47.0 Å². The average Bonchev–Trinajstić information content (AvgIpc) is 2.17. The fourth-order valence-electron chi connectivity index (χ4n) is 1.60. The summed E-state index contributed by atoms with van der Waals surface area (Å²) in [6, 6.07) is 5.48. The van der Waals surface area contributed by atoms with Crippen molar-refractivity contribution in [3.8, 4) is 0 Å². The van der Waals surface area contributed by atoms with Crippen LogP contribution in [-0.4, -0.2) is 4.92 Å². The third-order valence-corrected chi connectivity index (χ3v) is 2.27. The van der Waals surface area contributed by atoms with Crippen LogP contribution in [0.1, 0.15) is 0 Å². The van der Waals surface area contributed by atoms with Crippen LogP contribution in [0.2, 0.25) is 0 Å². The first kappa shape index (κ1) is 9.51. The van der Waals surface area contributed by atoms with E-state index in [0.717, 1.165) is 6.07 Å². The molecular weight excluding hydrogens is 199 g/mol. The van der Waals surface area contributed by atoms with E-state index in [1.54, 1.807) is 19.3 Å². The predicted octanol–water partition coefficient (Wildman–Crippen LogP) is 1.71. The summed E-state index contributed by atoms with van der Waals surface area (Å²) in [5.41, 5.74) is 0.161. The number of rotatable bonds is 1. The molecular formula is C10H8FN2O2+. The Labute approximate surface area is 84.7 Å². The minimum Gasteiger partial charge on any atom is -0.258 e. The summed E-state index contributed by atoms with van der Waals surface area (Å²) in [6.07, 6.45) is 1.65. The molecule has 0 amide bonds. The Morgan fingerprint density at radius 1 is 1.40 bits per heavy atom. The van der Waals surface area contributed by atoms with Crippen molar-refractivity contribution in [3.63, 3.8) is 0 Å². The molecule has 0 fully saturated rings. The number of nitro groups is 1. The number of aromatic nitrogens is 1. The molecule has 0 N–H and O–H groups in total. The van der Waals surface area contributed by atoms with Crippen LogP contribution in [0.4, 0.5) is 10.1 Å². The van der Waals surface area contributed by atoms with Gasteiger partial charge in [-0.3, -0.25) is 10.1 Å². The summed E-state index contributed by atoms with van der Waals surface area (Å²) in [7, 11) is 1.65. The van der Waals surface area contributed by atoms with Crippen molar-refractivity contribution in [2.75, 3.05) is 0 Å². The highest BCUT2D eigenvalue weighted by Gasteiger charge is 2.20. The molecule has 5 heteroatoms. The number of fused-ring (bicyclic) bond motifs is 1. The molecule has 0 aliphatic heterocycles. The number of pyridine rings is 1. The number of nitro benzene ring substituents is 1. The largest absolute Gasteiger partial charge is 0.283 e. The fourth-order valence-corrected chi connectivity index (χ4v) is 1.60. The quantitative estimate of drug-likeness (QED) is 0.406. The number of aryl methyl sites for hydroxylation is 1. The van der Waals surface area contributed by atoms with E-state index in [9.17, 15) is 14.5 Å². The number of halogens is 1. The first-order valence-electron chi connectivity index (χ1n) is 4.32. The summed E-state index contributed by atoms with van der Waals surface area (Å²) in [5, 5.41) is 11.0. The van der Waals surface area contributed by atoms with Crippen molar-refractivity contribution in [1.82, 2.24) is 0 Å². The van der Waals surface area contributed by atoms with Gasteiger partial charge in [0.2, 0.25) is 0 Å². The second-order valence-electron chi connectivity index (χ2n) is 3.20. The second kappa shape index (κ2) is 3.27. The lowest BCUT2D eigenvalue weighted by Crippen LogP contribution is -2.29. The van der Waals surface area contributed by atoms with Crippen molar-refractivity contribution >= 4 is 16.6 Å². The third-order valence-electron chi connectivity index (χ3n) is 2.27. The van der Waals surface area contributed by atoms with Crippen LogP contribution >= 0.6 is 0 Å². The van der Waals surface area contributed by atoms with Gasteiger partial charge in [0.15, 0.2) is 12.0 Å². The second-order valence-corrected chi connectivity index (χ2v) is 3.20. The van der Waals surface area contributed by atoms with E-state index in [2.05, 4.69) is 0 Å². The lowest BCUT2D eigenvalue weighted by atomic mass is 10.1. The molecule has 0 saturated carbocycles. The normalized spacial score (nSPS) is 10.5. The molecule has 4 nitrogen and oxygen atoms in total. The van der Waals surface area contributed by atoms with Crippen molar-refractivity contribution < 1.29 is 13.9 Å². The molecule has 0 saturated heterocycles. The van der Waals surface area contributed by atoms with Crippen LogP contribution in [0.25, 0.3) is 10.9 Å². The summed E-state index contributed by atoms with van der Waals surface area (Å²) in [4.78, 5) is 10.2. The summed E-state index contributed by atoms with van der Waals surface area (Å²) in [5.74, 6) is -0.460. The van der Waals surface area contributed by atoms with Crippen LogP contribution in [0, 0.1) is 15.9 Å². The lowest BCUT2D eigenvalue weighted by molar-refractivity contribution is -0.645. The monoisotopic (exact) mass is 207 g/mol. The molecule has 0 atom stereocenters. The van der Waals surface area contributed by atoms with E-state index in [-0.39, 0.29) is 11.2 Å². The highest BCUT2D eigenvalue weighted by Crippen LogP contribution is 2.24. The van der Waals surface area contributed by atoms with Gasteiger partial charge in [-0.05, 0) is 12.1 Å². The van der Waals surface area contributed by atoms with Gasteiger partial charge in [-0.25, -0.2) is 0 Å². The van der Waals surface area contributed by atoms with Gasteiger partial charge in [-0.15, -0.1) is 0 Å². The Morgan fingerprint density at radius 3 is 2.80 bits per heavy atom. The molecule has 0 aliphatic carbocycles. The first-order chi connectivity index (χ1) is 7.11. The Hall–Kier alpha value is -2.04. The summed E-state index contributed by atoms with van der Waals surface area (Å²) >= 11 is 0. The number of non-ortho nitro benzene ring substituents is 1. The minimum atomic E-state index is -0.512. The highest BCUT2D eigenvalue weighted by molar-refractivity contribution is 5.85. The molecule has 2 rings (SSSR count). The molecule has 0 bridgehead atoms. The van der Waals surface area contributed by atoms with Crippen LogP contribution in [0.5, 0.6) is 0 Å². The zero-order valence-electron chi connectivity index (χ0n) is 7.98. The van der Waals surface area contributed by atoms with Gasteiger partial charge < -0.3 is 0 Å². The summed E-state index contributed by atoms with van der Waals surface area (Å²) in [6.45, 7) is 0. The van der Waals surface area contributed by atoms with E-state index in [0.29, 0.717) is 5.39 Å². The molecule has 15 heavy (non-hydrogen) atoms. The third kappa shape index (κ3) is 1.41. The van der Waals surface area contributed by atoms with Crippen molar-refractivity contribution in [2.24, 2.45) is 7.05 Å². The number of benzene rings is 1. The number of nitrogens with zero attached hydrogens (tertiary/aromatic N) is 2. The zero-order valence-corrected chi connectivity index (χ0v) is 7.98. The maximum Gasteiger partial charge on any atom is 0.283 e. The molecule has 0 unspecified atom stereocenters. The molecule has 0 radical (unpaired) electrons. The van der Waals surface area contributed by atoms with Gasteiger partial charge in [-0.2, -0.15) is 8.96 Å². The molecule has 1 heterocycles. The van der Waals surface area contributed by atoms with Crippen molar-refractivity contribution in [2.45, 2.75) is 0 Å². The molecule has 1 aromatic heterocycles. The van der Waals surface area contributed by atoms with Gasteiger partial charge in [0.05, 0.1) is 4.92 Å². The van der Waals surface area contributed by atoms with Crippen molar-refractivity contribution in [1.29, 1.82) is 0 Å². The van der Waals surface area contributed by atoms with Crippen LogP contribution in [0.15, 0.2) is 30.5 Å². The minimum absolute atomic E-state index is 0.0809. The Morgan fingerprint density at radius 2 is 2.13 bits per heavy atom. The standard InChI is InChI=1S/C10H8FN2O2/c1-12-6-2-3-7-9(13(14)15)5-4-8(11)10(7)12/h2-6H,1H3/q+1. The Kier molecular flexibility index (Phi) is 2.07. The maximum absolute atomic E-state index is 13.4. The van der Waals surface area contributed by atoms with Crippen LogP contribution < -0.4 is 4.57 Å².